The number of esters is 1. The maximum absolute atomic E-state index is 11.5. The van der Waals surface area contributed by atoms with Gasteiger partial charge in [0.15, 0.2) is 0 Å². The lowest BCUT2D eigenvalue weighted by molar-refractivity contribution is -0.148. The van der Waals surface area contributed by atoms with Gasteiger partial charge < -0.3 is 14.4 Å². The molecule has 19 heavy (non-hydrogen) atoms. The van der Waals surface area contributed by atoms with Gasteiger partial charge >= 0.3 is 5.97 Å². The Labute approximate surface area is 113 Å². The summed E-state index contributed by atoms with van der Waals surface area (Å²) in [6.07, 6.45) is 1.66. The number of carbonyl (C=O) groups is 2. The van der Waals surface area contributed by atoms with Crippen molar-refractivity contribution in [1.82, 2.24) is 9.80 Å². The van der Waals surface area contributed by atoms with Gasteiger partial charge in [0, 0.05) is 38.6 Å². The van der Waals surface area contributed by atoms with Crippen molar-refractivity contribution in [3.63, 3.8) is 0 Å². The quantitative estimate of drug-likeness (QED) is 0.497. The summed E-state index contributed by atoms with van der Waals surface area (Å²) in [5, 5.41) is 0. The topological polar surface area (TPSA) is 59.1 Å². The monoisotopic (exact) mass is 270 g/mol. The number of nitrogens with zero attached hydrogens (tertiary/aromatic N) is 2. The molecule has 2 fully saturated rings. The molecule has 0 saturated carbocycles. The standard InChI is InChI=1S/C13H22N2O4/c1-2-19-13(17)10-18-8-7-14-5-6-15-11(9-14)3-4-12(15)16/h11H,2-10H2,1H3. The molecule has 1 atom stereocenters. The first kappa shape index (κ1) is 14.3. The molecule has 0 aromatic carbocycles. The largest absolute Gasteiger partial charge is 0.464 e. The molecular weight excluding hydrogens is 248 g/mol. The van der Waals surface area contributed by atoms with Crippen LogP contribution in [0.2, 0.25) is 0 Å². The zero-order valence-electron chi connectivity index (χ0n) is 11.5. The van der Waals surface area contributed by atoms with Crippen molar-refractivity contribution in [3.8, 4) is 0 Å². The van der Waals surface area contributed by atoms with Crippen molar-refractivity contribution in [2.24, 2.45) is 0 Å². The summed E-state index contributed by atoms with van der Waals surface area (Å²) >= 11 is 0. The average molecular weight is 270 g/mol. The Hall–Kier alpha value is -1.14. The Bertz CT molecular complexity index is 335. The highest BCUT2D eigenvalue weighted by Gasteiger charge is 2.35. The van der Waals surface area contributed by atoms with Crippen LogP contribution in [0.5, 0.6) is 0 Å². The third-order valence-electron chi connectivity index (χ3n) is 3.66. The number of hydrogen-bond donors (Lipinski definition) is 0. The summed E-state index contributed by atoms with van der Waals surface area (Å²) < 4.78 is 10.1. The van der Waals surface area contributed by atoms with Crippen LogP contribution in [0, 0.1) is 0 Å². The molecule has 1 unspecified atom stereocenters. The van der Waals surface area contributed by atoms with Gasteiger partial charge in [-0.15, -0.1) is 0 Å². The van der Waals surface area contributed by atoms with Gasteiger partial charge in [-0.05, 0) is 13.3 Å². The van der Waals surface area contributed by atoms with E-state index in [2.05, 4.69) is 4.90 Å². The molecule has 2 aliphatic heterocycles. The van der Waals surface area contributed by atoms with Crippen molar-refractivity contribution in [3.05, 3.63) is 0 Å². The van der Waals surface area contributed by atoms with E-state index in [9.17, 15) is 9.59 Å². The Kier molecular flexibility index (Phi) is 5.15. The minimum atomic E-state index is -0.311. The van der Waals surface area contributed by atoms with Gasteiger partial charge in [-0.1, -0.05) is 0 Å². The summed E-state index contributed by atoms with van der Waals surface area (Å²) in [5.41, 5.74) is 0. The third kappa shape index (κ3) is 3.91. The summed E-state index contributed by atoms with van der Waals surface area (Å²) in [7, 11) is 0. The maximum atomic E-state index is 11.5. The van der Waals surface area contributed by atoms with Crippen LogP contribution in [0.4, 0.5) is 0 Å². The van der Waals surface area contributed by atoms with E-state index in [1.165, 1.54) is 0 Å². The van der Waals surface area contributed by atoms with Crippen LogP contribution in [-0.2, 0) is 19.1 Å². The second kappa shape index (κ2) is 6.86. The predicted octanol–water partition coefficient (Wildman–Crippen LogP) is -0.127. The van der Waals surface area contributed by atoms with Crippen LogP contribution in [0.1, 0.15) is 19.8 Å². The molecule has 0 aliphatic carbocycles. The molecule has 2 saturated heterocycles. The molecule has 0 bridgehead atoms. The number of amides is 1. The predicted molar refractivity (Wildman–Crippen MR) is 68.6 cm³/mol. The molecule has 0 spiro atoms. The van der Waals surface area contributed by atoms with E-state index in [1.54, 1.807) is 6.92 Å². The summed E-state index contributed by atoms with van der Waals surface area (Å²) in [5.74, 6) is -0.0167. The Morgan fingerprint density at radius 1 is 1.42 bits per heavy atom. The zero-order valence-corrected chi connectivity index (χ0v) is 11.5. The second-order valence-electron chi connectivity index (χ2n) is 4.94. The minimum Gasteiger partial charge on any atom is -0.464 e. The molecule has 0 radical (unpaired) electrons. The zero-order chi connectivity index (χ0) is 13.7. The lowest BCUT2D eigenvalue weighted by atomic mass is 10.1. The summed E-state index contributed by atoms with van der Waals surface area (Å²) in [4.78, 5) is 26.9. The number of ether oxygens (including phenoxy) is 2. The highest BCUT2D eigenvalue weighted by atomic mass is 16.6. The van der Waals surface area contributed by atoms with E-state index in [-0.39, 0.29) is 12.6 Å². The molecule has 2 heterocycles. The van der Waals surface area contributed by atoms with Gasteiger partial charge in [0.2, 0.25) is 5.91 Å². The lowest BCUT2D eigenvalue weighted by Crippen LogP contribution is -2.52. The van der Waals surface area contributed by atoms with E-state index in [0.717, 1.165) is 32.6 Å². The van der Waals surface area contributed by atoms with Crippen LogP contribution in [-0.4, -0.2) is 73.7 Å². The minimum absolute atomic E-state index is 0.0235. The highest BCUT2D eigenvalue weighted by Crippen LogP contribution is 2.22. The van der Waals surface area contributed by atoms with Crippen molar-refractivity contribution in [2.45, 2.75) is 25.8 Å². The number of rotatable bonds is 6. The molecule has 1 amide bonds. The summed E-state index contributed by atoms with van der Waals surface area (Å²) in [6.45, 7) is 6.16. The molecule has 2 aliphatic rings. The van der Waals surface area contributed by atoms with E-state index in [0.29, 0.717) is 31.6 Å². The molecule has 108 valence electrons. The molecule has 6 nitrogen and oxygen atoms in total. The average Bonchev–Trinajstić information content (AvgIpc) is 2.76. The van der Waals surface area contributed by atoms with Crippen LogP contribution in [0.25, 0.3) is 0 Å². The van der Waals surface area contributed by atoms with Crippen LogP contribution in [0.15, 0.2) is 0 Å². The van der Waals surface area contributed by atoms with Gasteiger partial charge in [-0.2, -0.15) is 0 Å². The van der Waals surface area contributed by atoms with Crippen molar-refractivity contribution in [1.29, 1.82) is 0 Å². The van der Waals surface area contributed by atoms with Crippen LogP contribution in [0.3, 0.4) is 0 Å². The van der Waals surface area contributed by atoms with E-state index in [4.69, 9.17) is 9.47 Å². The Morgan fingerprint density at radius 3 is 3.05 bits per heavy atom. The van der Waals surface area contributed by atoms with Gasteiger partial charge in [0.25, 0.3) is 0 Å². The van der Waals surface area contributed by atoms with Crippen LogP contribution >= 0.6 is 0 Å². The second-order valence-corrected chi connectivity index (χ2v) is 4.94. The first-order chi connectivity index (χ1) is 9.20. The maximum Gasteiger partial charge on any atom is 0.332 e. The molecule has 2 rings (SSSR count). The fraction of sp³-hybridized carbons (Fsp3) is 0.846. The Balaban J connectivity index is 1.60. The third-order valence-corrected chi connectivity index (χ3v) is 3.66. The number of hydrogen-bond acceptors (Lipinski definition) is 5. The smallest absolute Gasteiger partial charge is 0.332 e. The fourth-order valence-corrected chi connectivity index (χ4v) is 2.68. The van der Waals surface area contributed by atoms with Crippen molar-refractivity contribution in [2.75, 3.05) is 46.0 Å². The van der Waals surface area contributed by atoms with Gasteiger partial charge in [-0.25, -0.2) is 4.79 Å². The van der Waals surface area contributed by atoms with Crippen LogP contribution < -0.4 is 0 Å². The highest BCUT2D eigenvalue weighted by molar-refractivity contribution is 5.78. The van der Waals surface area contributed by atoms with Gasteiger partial charge in [0.05, 0.1) is 13.2 Å². The number of fused-ring (bicyclic) bond motifs is 1. The molecule has 0 aromatic rings. The SMILES string of the molecule is CCOC(=O)COCCN1CCN2C(=O)CCC2C1. The fourth-order valence-electron chi connectivity index (χ4n) is 2.68. The first-order valence-corrected chi connectivity index (χ1v) is 6.96. The van der Waals surface area contributed by atoms with E-state index >= 15 is 0 Å². The summed E-state index contributed by atoms with van der Waals surface area (Å²) in [6, 6.07) is 0.381. The molecule has 6 heteroatoms. The normalized spacial score (nSPS) is 23.5. The van der Waals surface area contributed by atoms with Crippen molar-refractivity contribution >= 4 is 11.9 Å². The molecule has 0 aromatic heterocycles. The lowest BCUT2D eigenvalue weighted by Gasteiger charge is -2.37. The Morgan fingerprint density at radius 2 is 2.26 bits per heavy atom. The van der Waals surface area contributed by atoms with E-state index in [1.807, 2.05) is 4.90 Å². The molecular formula is C13H22N2O4. The number of piperazine rings is 1. The van der Waals surface area contributed by atoms with Crippen molar-refractivity contribution < 1.29 is 19.1 Å². The van der Waals surface area contributed by atoms with E-state index < -0.39 is 0 Å². The van der Waals surface area contributed by atoms with Gasteiger partial charge in [0.1, 0.15) is 6.61 Å². The molecule has 0 N–H and O–H groups in total. The number of carbonyl (C=O) groups excluding carboxylic acids is 2. The first-order valence-electron chi connectivity index (χ1n) is 6.96. The van der Waals surface area contributed by atoms with Gasteiger partial charge in [-0.3, -0.25) is 9.69 Å².